The van der Waals surface area contributed by atoms with Gasteiger partial charge in [0.05, 0.1) is 18.0 Å². The van der Waals surface area contributed by atoms with Crippen molar-refractivity contribution in [3.05, 3.63) is 11.1 Å². The molecule has 0 aromatic heterocycles. The van der Waals surface area contributed by atoms with Crippen molar-refractivity contribution in [1.82, 2.24) is 4.72 Å². The van der Waals surface area contributed by atoms with Gasteiger partial charge < -0.3 is 10.5 Å². The van der Waals surface area contributed by atoms with Crippen LogP contribution in [0.25, 0.3) is 0 Å². The van der Waals surface area contributed by atoms with E-state index in [0.717, 1.165) is 50.4 Å². The average Bonchev–Trinajstić information content (AvgIpc) is 3.24. The summed E-state index contributed by atoms with van der Waals surface area (Å²) in [5.41, 5.74) is 10.4. The fraction of sp³-hybridized carbons (Fsp3) is 0.933. The number of hydrogen-bond donors (Lipinski definition) is 2. The Bertz CT molecular complexity index is 979. The maximum Gasteiger partial charge on any atom is 0.208 e. The molecule has 5 nitrogen and oxygen atoms in total. The highest BCUT2D eigenvalue weighted by atomic mass is 32.2. The van der Waals surface area contributed by atoms with Crippen LogP contribution in [0, 0.1) is 40.9 Å². The van der Waals surface area contributed by atoms with Crippen molar-refractivity contribution in [3.8, 4) is 0 Å². The van der Waals surface area contributed by atoms with Crippen LogP contribution < -0.4 is 10.5 Å². The molecule has 0 aromatic rings. The first-order chi connectivity index (χ1) is 16.9. The lowest BCUT2D eigenvalue weighted by atomic mass is 9.52. The minimum Gasteiger partial charge on any atom is -0.369 e. The normalized spacial score (nSPS) is 47.9. The largest absolute Gasteiger partial charge is 0.369 e. The lowest BCUT2D eigenvalue weighted by Crippen LogP contribution is -2.50. The Morgan fingerprint density at radius 3 is 2.64 bits per heavy atom. The van der Waals surface area contributed by atoms with E-state index in [-0.39, 0.29) is 23.8 Å². The molecule has 1 saturated heterocycles. The summed E-state index contributed by atoms with van der Waals surface area (Å²) in [6.45, 7) is 11.9. The number of rotatable bonds is 5. The molecule has 36 heavy (non-hydrogen) atoms. The van der Waals surface area contributed by atoms with E-state index in [0.29, 0.717) is 29.1 Å². The van der Waals surface area contributed by atoms with Crippen molar-refractivity contribution in [1.29, 1.82) is 0 Å². The fourth-order valence-electron chi connectivity index (χ4n) is 9.71. The van der Waals surface area contributed by atoms with Crippen molar-refractivity contribution in [2.24, 2.45) is 46.7 Å². The number of hydrogen-bond acceptors (Lipinski definition) is 4. The van der Waals surface area contributed by atoms with Crippen LogP contribution in [0.5, 0.6) is 0 Å². The van der Waals surface area contributed by atoms with E-state index in [1.165, 1.54) is 38.4 Å². The van der Waals surface area contributed by atoms with Crippen molar-refractivity contribution in [2.75, 3.05) is 6.26 Å². The van der Waals surface area contributed by atoms with Gasteiger partial charge in [-0.2, -0.15) is 0 Å². The molecule has 0 radical (unpaired) electrons. The zero-order valence-electron chi connectivity index (χ0n) is 23.7. The average molecular weight is 521 g/mol. The topological polar surface area (TPSA) is 81.4 Å². The number of ether oxygens (including phenoxy) is 1. The van der Waals surface area contributed by atoms with Crippen molar-refractivity contribution >= 4 is 10.0 Å². The Kier molecular flexibility index (Phi) is 7.27. The van der Waals surface area contributed by atoms with Gasteiger partial charge in [-0.25, -0.2) is 13.1 Å². The minimum absolute atomic E-state index is 0.0784. The smallest absolute Gasteiger partial charge is 0.208 e. The third kappa shape index (κ3) is 4.64. The molecule has 4 fully saturated rings. The molecule has 3 saturated carbocycles. The minimum atomic E-state index is -3.14. The third-order valence-corrected chi connectivity index (χ3v) is 12.8. The van der Waals surface area contributed by atoms with E-state index >= 15 is 0 Å². The van der Waals surface area contributed by atoms with Crippen LogP contribution in [-0.4, -0.2) is 38.5 Å². The van der Waals surface area contributed by atoms with Gasteiger partial charge in [-0.3, -0.25) is 0 Å². The molecule has 1 aliphatic heterocycles. The number of sulfonamides is 1. The molecule has 0 bridgehead atoms. The van der Waals surface area contributed by atoms with Gasteiger partial charge in [-0.05, 0) is 106 Å². The quantitative estimate of drug-likeness (QED) is 0.449. The second-order valence-corrected chi connectivity index (χ2v) is 15.9. The summed E-state index contributed by atoms with van der Waals surface area (Å²) in [7, 11) is -3.14. The van der Waals surface area contributed by atoms with Crippen LogP contribution >= 0.6 is 0 Å². The molecule has 1 spiro atoms. The maximum atomic E-state index is 11.9. The Labute approximate surface area is 220 Å². The molecule has 1 heterocycles. The highest BCUT2D eigenvalue weighted by Crippen LogP contribution is 2.65. The van der Waals surface area contributed by atoms with Gasteiger partial charge in [0.25, 0.3) is 0 Å². The number of nitrogens with two attached hydrogens (primary N) is 1. The Balaban J connectivity index is 1.34. The predicted octanol–water partition coefficient (Wildman–Crippen LogP) is 5.79. The van der Waals surface area contributed by atoms with Gasteiger partial charge in [0.2, 0.25) is 10.0 Å². The van der Waals surface area contributed by atoms with E-state index in [4.69, 9.17) is 10.5 Å². The summed E-state index contributed by atoms with van der Waals surface area (Å²) in [5.74, 6) is 3.95. The molecule has 3 N–H and O–H groups in total. The molecule has 0 amide bonds. The molecule has 5 aliphatic rings. The van der Waals surface area contributed by atoms with Crippen LogP contribution in [0.4, 0.5) is 0 Å². The van der Waals surface area contributed by atoms with Gasteiger partial charge in [0.1, 0.15) is 0 Å². The van der Waals surface area contributed by atoms with Crippen molar-refractivity contribution in [3.63, 3.8) is 0 Å². The molecule has 206 valence electrons. The Morgan fingerprint density at radius 1 is 1.19 bits per heavy atom. The van der Waals surface area contributed by atoms with Crippen LogP contribution in [0.3, 0.4) is 0 Å². The highest BCUT2D eigenvalue weighted by Gasteiger charge is 2.58. The lowest BCUT2D eigenvalue weighted by Gasteiger charge is -2.54. The lowest BCUT2D eigenvalue weighted by molar-refractivity contribution is -0.0725. The molecule has 6 heteroatoms. The Morgan fingerprint density at radius 2 is 1.94 bits per heavy atom. The van der Waals surface area contributed by atoms with Crippen molar-refractivity contribution < 1.29 is 13.2 Å². The first kappa shape index (κ1) is 27.1. The fourth-order valence-corrected chi connectivity index (χ4v) is 10.5. The molecule has 0 aromatic carbocycles. The maximum absolute atomic E-state index is 11.9. The first-order valence-electron chi connectivity index (χ1n) is 15.0. The van der Waals surface area contributed by atoms with Gasteiger partial charge >= 0.3 is 0 Å². The molecule has 0 unspecified atom stereocenters. The van der Waals surface area contributed by atoms with Gasteiger partial charge in [-0.1, -0.05) is 45.3 Å². The third-order valence-electron chi connectivity index (χ3n) is 12.1. The molecular formula is C30H52N2O3S. The SMILES string of the molecule is CC[C@@H](C)C[C@H]1O[C@]2(CC[C@@H]3C(=C(C)C2)C[C@H]2[C@H]3CC[C@@H]3C[C@H](NS(C)(=O)=O)CC[C@@]32C)[C@H](C)[C@@H]1N. The number of fused-ring (bicyclic) bond motifs is 5. The summed E-state index contributed by atoms with van der Waals surface area (Å²) in [4.78, 5) is 0. The molecular weight excluding hydrogens is 468 g/mol. The van der Waals surface area contributed by atoms with E-state index in [1.54, 1.807) is 11.1 Å². The molecule has 5 rings (SSSR count). The predicted molar refractivity (Wildman–Crippen MR) is 147 cm³/mol. The summed E-state index contributed by atoms with van der Waals surface area (Å²) in [6, 6.07) is 0.267. The van der Waals surface area contributed by atoms with Crippen LogP contribution in [-0.2, 0) is 14.8 Å². The number of allylic oxidation sites excluding steroid dienone is 1. The second kappa shape index (κ2) is 9.64. The van der Waals surface area contributed by atoms with Crippen LogP contribution in [0.2, 0.25) is 0 Å². The Hall–Kier alpha value is -0.430. The monoisotopic (exact) mass is 520 g/mol. The van der Waals surface area contributed by atoms with Gasteiger partial charge in [0.15, 0.2) is 0 Å². The standard InChI is InChI=1S/C30H52N2O3S/c1-7-18(2)14-27-28(31)20(4)30(35-27)13-11-23-24-9-8-21-15-22(32-36(6,33)34)10-12-29(21,5)26(24)16-25(23)19(3)17-30/h18,20-24,26-28,32H,7-17,31H2,1-6H3/t18-,20-,21-,22-,23+,24+,26+,27-,28+,29+,30+/m1/s1. The van der Waals surface area contributed by atoms with E-state index in [1.807, 2.05) is 0 Å². The zero-order valence-corrected chi connectivity index (χ0v) is 24.5. The van der Waals surface area contributed by atoms with E-state index in [2.05, 4.69) is 39.3 Å². The zero-order chi connectivity index (χ0) is 26.0. The van der Waals surface area contributed by atoms with E-state index in [9.17, 15) is 8.42 Å². The highest BCUT2D eigenvalue weighted by molar-refractivity contribution is 7.88. The molecule has 11 atom stereocenters. The molecule has 4 aliphatic carbocycles. The van der Waals surface area contributed by atoms with Gasteiger partial charge in [-0.15, -0.1) is 0 Å². The summed E-state index contributed by atoms with van der Waals surface area (Å²) >= 11 is 0. The van der Waals surface area contributed by atoms with Crippen LogP contribution in [0.15, 0.2) is 11.1 Å². The summed E-state index contributed by atoms with van der Waals surface area (Å²) in [5, 5.41) is 0. The summed E-state index contributed by atoms with van der Waals surface area (Å²) in [6.07, 6.45) is 14.2. The van der Waals surface area contributed by atoms with Crippen molar-refractivity contribution in [2.45, 2.75) is 129 Å². The first-order valence-corrected chi connectivity index (χ1v) is 16.8. The van der Waals surface area contributed by atoms with Crippen LogP contribution in [0.1, 0.15) is 105 Å². The van der Waals surface area contributed by atoms with E-state index < -0.39 is 10.0 Å². The van der Waals surface area contributed by atoms with Gasteiger partial charge in [0, 0.05) is 18.0 Å². The second-order valence-electron chi connectivity index (χ2n) is 14.1. The number of nitrogens with one attached hydrogen (secondary N) is 1. The summed E-state index contributed by atoms with van der Waals surface area (Å²) < 4.78 is 33.6.